The predicted molar refractivity (Wildman–Crippen MR) is 70.9 cm³/mol. The zero-order valence-electron chi connectivity index (χ0n) is 10.4. The summed E-state index contributed by atoms with van der Waals surface area (Å²) < 4.78 is 0. The van der Waals surface area contributed by atoms with Crippen LogP contribution in [0.1, 0.15) is 38.8 Å². The number of rotatable bonds is 4. The summed E-state index contributed by atoms with van der Waals surface area (Å²) in [5.74, 6) is -1.81. The number of aromatic carboxylic acids is 1. The van der Waals surface area contributed by atoms with Crippen LogP contribution in [0.25, 0.3) is 0 Å². The van der Waals surface area contributed by atoms with Gasteiger partial charge in [0.15, 0.2) is 5.69 Å². The maximum atomic E-state index is 12.0. The van der Waals surface area contributed by atoms with E-state index in [4.69, 9.17) is 5.11 Å². The first-order valence-electron chi connectivity index (χ1n) is 5.61. The summed E-state index contributed by atoms with van der Waals surface area (Å²) in [5, 5.41) is 22.8. The molecule has 2 heterocycles. The molecule has 2 aromatic rings. The molecule has 0 bridgehead atoms. The van der Waals surface area contributed by atoms with E-state index in [1.807, 2.05) is 0 Å². The van der Waals surface area contributed by atoms with Crippen LogP contribution in [-0.4, -0.2) is 32.1 Å². The lowest BCUT2D eigenvalue weighted by molar-refractivity contribution is 0.0691. The number of amides is 1. The average molecular weight is 293 g/mol. The summed E-state index contributed by atoms with van der Waals surface area (Å²) in [4.78, 5) is 30.3. The smallest absolute Gasteiger partial charge is 0.355 e. The Labute approximate surface area is 117 Å². The highest BCUT2D eigenvalue weighted by atomic mass is 32.1. The number of aromatic hydroxyl groups is 1. The number of carboxylic acid groups (broad SMARTS) is 1. The van der Waals surface area contributed by atoms with Crippen LogP contribution in [0.15, 0.2) is 23.8 Å². The normalized spacial score (nSPS) is 11.8. The third-order valence-electron chi connectivity index (χ3n) is 2.50. The molecule has 2 aromatic heterocycles. The van der Waals surface area contributed by atoms with Crippen molar-refractivity contribution in [1.29, 1.82) is 0 Å². The Balaban J connectivity index is 2.11. The van der Waals surface area contributed by atoms with E-state index in [0.717, 1.165) is 11.3 Å². The lowest BCUT2D eigenvalue weighted by Gasteiger charge is -2.11. The van der Waals surface area contributed by atoms with Crippen LogP contribution in [-0.2, 0) is 0 Å². The molecule has 104 valence electrons. The number of carbonyl (C=O) groups is 2. The van der Waals surface area contributed by atoms with Gasteiger partial charge in [-0.25, -0.2) is 9.78 Å². The number of pyridine rings is 1. The maximum absolute atomic E-state index is 12.0. The predicted octanol–water partition coefficient (Wildman–Crippen LogP) is 1.43. The topological polar surface area (TPSA) is 112 Å². The molecule has 7 nitrogen and oxygen atoms in total. The van der Waals surface area contributed by atoms with Gasteiger partial charge < -0.3 is 15.5 Å². The van der Waals surface area contributed by atoms with E-state index < -0.39 is 17.9 Å². The van der Waals surface area contributed by atoms with Gasteiger partial charge in [0.2, 0.25) is 0 Å². The number of carboxylic acids is 1. The number of nitrogens with zero attached hydrogens (tertiary/aromatic N) is 2. The van der Waals surface area contributed by atoms with Crippen LogP contribution in [0.4, 0.5) is 0 Å². The van der Waals surface area contributed by atoms with Crippen LogP contribution in [0.3, 0.4) is 0 Å². The summed E-state index contributed by atoms with van der Waals surface area (Å²) in [6.45, 7) is 1.68. The van der Waals surface area contributed by atoms with Crippen LogP contribution >= 0.6 is 11.3 Å². The minimum absolute atomic E-state index is 0.0575. The highest BCUT2D eigenvalue weighted by molar-refractivity contribution is 7.09. The number of hydrogen-bond donors (Lipinski definition) is 3. The molecule has 0 aliphatic heterocycles. The Kier molecular flexibility index (Phi) is 3.94. The standard InChI is InChI=1S/C12H11N3O4S/c1-6(11-15-8(5-20-11)12(18)19)14-10(17)7-2-3-13-4-9(7)16/h2-6,16H,1H3,(H,14,17)(H,18,19). The first kappa shape index (κ1) is 13.9. The first-order valence-corrected chi connectivity index (χ1v) is 6.49. The van der Waals surface area contributed by atoms with E-state index >= 15 is 0 Å². The molecular weight excluding hydrogens is 282 g/mol. The Bertz CT molecular complexity index is 656. The number of aromatic nitrogens is 2. The van der Waals surface area contributed by atoms with Gasteiger partial charge in [0.05, 0.1) is 17.8 Å². The lowest BCUT2D eigenvalue weighted by Crippen LogP contribution is -2.26. The third kappa shape index (κ3) is 2.91. The van der Waals surface area contributed by atoms with Crippen LogP contribution in [0, 0.1) is 0 Å². The highest BCUT2D eigenvalue weighted by Crippen LogP contribution is 2.20. The van der Waals surface area contributed by atoms with Crippen molar-refractivity contribution in [2.24, 2.45) is 0 Å². The van der Waals surface area contributed by atoms with E-state index in [9.17, 15) is 14.7 Å². The second-order valence-electron chi connectivity index (χ2n) is 3.96. The summed E-state index contributed by atoms with van der Waals surface area (Å²) in [6.07, 6.45) is 2.57. The zero-order chi connectivity index (χ0) is 14.7. The minimum atomic E-state index is -1.11. The highest BCUT2D eigenvalue weighted by Gasteiger charge is 2.18. The summed E-state index contributed by atoms with van der Waals surface area (Å²) >= 11 is 1.15. The van der Waals surface area contributed by atoms with Crippen molar-refractivity contribution < 1.29 is 19.8 Å². The second-order valence-corrected chi connectivity index (χ2v) is 4.85. The van der Waals surface area contributed by atoms with Crippen LogP contribution < -0.4 is 5.32 Å². The Morgan fingerprint density at radius 1 is 1.45 bits per heavy atom. The Hall–Kier alpha value is -2.48. The number of thiazole rings is 1. The van der Waals surface area contributed by atoms with Gasteiger partial charge in [0.1, 0.15) is 10.8 Å². The lowest BCUT2D eigenvalue weighted by atomic mass is 10.2. The molecule has 3 N–H and O–H groups in total. The van der Waals surface area contributed by atoms with E-state index in [1.165, 1.54) is 23.8 Å². The molecule has 1 atom stereocenters. The molecule has 1 amide bonds. The molecule has 0 aliphatic carbocycles. The molecule has 0 saturated heterocycles. The van der Waals surface area contributed by atoms with Crippen molar-refractivity contribution >= 4 is 23.2 Å². The van der Waals surface area contributed by atoms with Gasteiger partial charge in [-0.15, -0.1) is 11.3 Å². The maximum Gasteiger partial charge on any atom is 0.355 e. The minimum Gasteiger partial charge on any atom is -0.505 e. The van der Waals surface area contributed by atoms with E-state index in [1.54, 1.807) is 6.92 Å². The molecule has 0 saturated carbocycles. The van der Waals surface area contributed by atoms with Crippen molar-refractivity contribution in [3.63, 3.8) is 0 Å². The summed E-state index contributed by atoms with van der Waals surface area (Å²) in [6, 6.07) is 0.926. The fourth-order valence-electron chi connectivity index (χ4n) is 1.50. The SMILES string of the molecule is CC(NC(=O)c1ccncc1O)c1nc(C(=O)O)cs1. The molecular formula is C12H11N3O4S. The molecule has 0 aliphatic rings. The van der Waals surface area contributed by atoms with Crippen molar-refractivity contribution in [3.05, 3.63) is 40.1 Å². The summed E-state index contributed by atoms with van der Waals surface area (Å²) in [5.41, 5.74) is 0.0414. The van der Waals surface area contributed by atoms with Gasteiger partial charge in [-0.05, 0) is 13.0 Å². The Morgan fingerprint density at radius 3 is 2.80 bits per heavy atom. The quantitative estimate of drug-likeness (QED) is 0.786. The zero-order valence-corrected chi connectivity index (χ0v) is 11.2. The number of carbonyl (C=O) groups excluding carboxylic acids is 1. The average Bonchev–Trinajstić information content (AvgIpc) is 2.88. The van der Waals surface area contributed by atoms with E-state index in [-0.39, 0.29) is 17.0 Å². The fraction of sp³-hybridized carbons (Fsp3) is 0.167. The number of nitrogens with one attached hydrogen (secondary N) is 1. The molecule has 2 rings (SSSR count). The van der Waals surface area contributed by atoms with Gasteiger partial charge in [-0.3, -0.25) is 9.78 Å². The molecule has 20 heavy (non-hydrogen) atoms. The van der Waals surface area contributed by atoms with Crippen LogP contribution in [0.5, 0.6) is 5.75 Å². The summed E-state index contributed by atoms with van der Waals surface area (Å²) in [7, 11) is 0. The van der Waals surface area contributed by atoms with Crippen LogP contribution in [0.2, 0.25) is 0 Å². The monoisotopic (exact) mass is 293 g/mol. The Morgan fingerprint density at radius 2 is 2.20 bits per heavy atom. The molecule has 0 aromatic carbocycles. The molecule has 0 fully saturated rings. The van der Waals surface area contributed by atoms with Crippen molar-refractivity contribution in [2.75, 3.05) is 0 Å². The van der Waals surface area contributed by atoms with Gasteiger partial charge in [-0.1, -0.05) is 0 Å². The van der Waals surface area contributed by atoms with E-state index in [2.05, 4.69) is 15.3 Å². The van der Waals surface area contributed by atoms with Gasteiger partial charge in [-0.2, -0.15) is 0 Å². The van der Waals surface area contributed by atoms with Gasteiger partial charge in [0, 0.05) is 11.6 Å². The second kappa shape index (κ2) is 5.66. The van der Waals surface area contributed by atoms with Crippen molar-refractivity contribution in [1.82, 2.24) is 15.3 Å². The van der Waals surface area contributed by atoms with E-state index in [0.29, 0.717) is 5.01 Å². The third-order valence-corrected chi connectivity index (χ3v) is 3.53. The first-order chi connectivity index (χ1) is 9.49. The largest absolute Gasteiger partial charge is 0.505 e. The van der Waals surface area contributed by atoms with Gasteiger partial charge in [0.25, 0.3) is 5.91 Å². The van der Waals surface area contributed by atoms with Crippen molar-refractivity contribution in [2.45, 2.75) is 13.0 Å². The molecule has 0 radical (unpaired) electrons. The fourth-order valence-corrected chi connectivity index (χ4v) is 2.30. The molecule has 0 spiro atoms. The van der Waals surface area contributed by atoms with Gasteiger partial charge >= 0.3 is 5.97 Å². The molecule has 8 heteroatoms. The molecule has 1 unspecified atom stereocenters. The van der Waals surface area contributed by atoms with Crippen molar-refractivity contribution in [3.8, 4) is 5.75 Å². The number of hydrogen-bond acceptors (Lipinski definition) is 6.